The number of thioether (sulfide) groups is 2. The normalized spacial score (nSPS) is 19.2. The molecule has 0 saturated carbocycles. The summed E-state index contributed by atoms with van der Waals surface area (Å²) >= 11 is 9.64. The Morgan fingerprint density at radius 1 is 1.58 bits per heavy atom. The number of rotatable bonds is 4. The molecule has 7 heteroatoms. The average Bonchev–Trinajstić information content (AvgIpc) is 2.47. The fraction of sp³-hybridized carbons (Fsp3) is 0.583. The summed E-state index contributed by atoms with van der Waals surface area (Å²) in [5, 5.41) is 0.289. The third kappa shape index (κ3) is 3.77. The van der Waals surface area contributed by atoms with Gasteiger partial charge in [-0.3, -0.25) is 0 Å². The number of aromatic nitrogens is 2. The fourth-order valence-electron chi connectivity index (χ4n) is 1.71. The van der Waals surface area contributed by atoms with Crippen LogP contribution in [-0.4, -0.2) is 39.8 Å². The van der Waals surface area contributed by atoms with Crippen molar-refractivity contribution in [2.75, 3.05) is 23.9 Å². The van der Waals surface area contributed by atoms with Gasteiger partial charge in [0.2, 0.25) is 0 Å². The topological polar surface area (TPSA) is 52.1 Å². The first-order valence-electron chi connectivity index (χ1n) is 6.04. The highest BCUT2D eigenvalue weighted by atomic mass is 35.5. The van der Waals surface area contributed by atoms with Crippen molar-refractivity contribution in [2.24, 2.45) is 0 Å². The number of hydrogen-bond acceptors (Lipinski definition) is 6. The molecule has 0 spiro atoms. The second-order valence-electron chi connectivity index (χ2n) is 3.88. The van der Waals surface area contributed by atoms with E-state index in [0.717, 1.165) is 17.3 Å². The number of alkyl halides is 1. The van der Waals surface area contributed by atoms with E-state index in [-0.39, 0.29) is 11.1 Å². The van der Waals surface area contributed by atoms with E-state index in [4.69, 9.17) is 16.3 Å². The Balaban J connectivity index is 2.22. The molecule has 0 aliphatic carbocycles. The molecule has 4 nitrogen and oxygen atoms in total. The Kier molecular flexibility index (Phi) is 5.78. The molecule has 19 heavy (non-hydrogen) atoms. The molecule has 1 fully saturated rings. The van der Waals surface area contributed by atoms with Crippen LogP contribution in [0.3, 0.4) is 0 Å². The van der Waals surface area contributed by atoms with Crippen molar-refractivity contribution < 1.29 is 9.53 Å². The van der Waals surface area contributed by atoms with Gasteiger partial charge in [-0.2, -0.15) is 11.8 Å². The first-order valence-corrected chi connectivity index (χ1v) is 8.78. The molecule has 0 bridgehead atoms. The molecular weight excluding hydrogens is 304 g/mol. The summed E-state index contributed by atoms with van der Waals surface area (Å²) in [5.74, 6) is 3.83. The Bertz CT molecular complexity index is 453. The summed E-state index contributed by atoms with van der Waals surface area (Å²) in [7, 11) is 0. The highest BCUT2D eigenvalue weighted by Crippen LogP contribution is 2.35. The van der Waals surface area contributed by atoms with E-state index in [1.165, 1.54) is 11.9 Å². The molecule has 1 aromatic rings. The van der Waals surface area contributed by atoms with Crippen LogP contribution in [0.5, 0.6) is 0 Å². The van der Waals surface area contributed by atoms with Crippen molar-refractivity contribution in [2.45, 2.75) is 18.1 Å². The molecule has 0 radical (unpaired) electrons. The fourth-order valence-corrected chi connectivity index (χ4v) is 4.52. The van der Waals surface area contributed by atoms with Crippen LogP contribution in [0.2, 0.25) is 0 Å². The Labute approximate surface area is 126 Å². The van der Waals surface area contributed by atoms with Gasteiger partial charge in [0.25, 0.3) is 0 Å². The van der Waals surface area contributed by atoms with E-state index in [1.54, 1.807) is 6.92 Å². The van der Waals surface area contributed by atoms with Crippen molar-refractivity contribution in [3.63, 3.8) is 0 Å². The van der Waals surface area contributed by atoms with Gasteiger partial charge in [0, 0.05) is 23.5 Å². The number of ether oxygens (including phenoxy) is 1. The van der Waals surface area contributed by atoms with Gasteiger partial charge in [0.05, 0.1) is 23.4 Å². The van der Waals surface area contributed by atoms with E-state index in [1.807, 2.05) is 23.5 Å². The van der Waals surface area contributed by atoms with Crippen LogP contribution < -0.4 is 0 Å². The number of halogens is 1. The summed E-state index contributed by atoms with van der Waals surface area (Å²) < 4.78 is 4.97. The quantitative estimate of drug-likeness (QED) is 0.628. The van der Waals surface area contributed by atoms with Crippen LogP contribution in [0, 0.1) is 0 Å². The number of esters is 1. The maximum absolute atomic E-state index is 11.7. The lowest BCUT2D eigenvalue weighted by atomic mass is 10.2. The summed E-state index contributed by atoms with van der Waals surface area (Å²) in [5.41, 5.74) is 0.926. The summed E-state index contributed by atoms with van der Waals surface area (Å²) in [6, 6.07) is 0. The largest absolute Gasteiger partial charge is 0.462 e. The van der Waals surface area contributed by atoms with Crippen LogP contribution in [0.1, 0.15) is 34.0 Å². The molecular formula is C12H15ClN2O2S2. The molecule has 104 valence electrons. The number of nitrogens with zero attached hydrogens (tertiary/aromatic N) is 2. The van der Waals surface area contributed by atoms with Crippen LogP contribution in [-0.2, 0) is 10.6 Å². The minimum absolute atomic E-state index is 0.189. The third-order valence-electron chi connectivity index (χ3n) is 2.61. The van der Waals surface area contributed by atoms with Crippen LogP contribution >= 0.6 is 35.1 Å². The van der Waals surface area contributed by atoms with Gasteiger partial charge < -0.3 is 4.74 Å². The lowest BCUT2D eigenvalue weighted by molar-refractivity contribution is 0.0524. The predicted molar refractivity (Wildman–Crippen MR) is 80.1 cm³/mol. The molecule has 0 N–H and O–H groups in total. The van der Waals surface area contributed by atoms with Gasteiger partial charge in [0.1, 0.15) is 11.4 Å². The van der Waals surface area contributed by atoms with Crippen molar-refractivity contribution in [3.8, 4) is 0 Å². The van der Waals surface area contributed by atoms with E-state index >= 15 is 0 Å². The van der Waals surface area contributed by atoms with E-state index in [0.29, 0.717) is 17.9 Å². The number of hydrogen-bond donors (Lipinski definition) is 0. The monoisotopic (exact) mass is 318 g/mol. The van der Waals surface area contributed by atoms with Gasteiger partial charge in [0.15, 0.2) is 0 Å². The predicted octanol–water partition coefficient (Wildman–Crippen LogP) is 2.91. The smallest absolute Gasteiger partial charge is 0.341 e. The van der Waals surface area contributed by atoms with Gasteiger partial charge in [-0.25, -0.2) is 14.8 Å². The first-order chi connectivity index (χ1) is 9.26. The van der Waals surface area contributed by atoms with Crippen molar-refractivity contribution in [1.82, 2.24) is 9.97 Å². The lowest BCUT2D eigenvalue weighted by Gasteiger charge is -2.20. The van der Waals surface area contributed by atoms with Crippen LogP contribution in [0.15, 0.2) is 6.20 Å². The molecule has 1 aliphatic heterocycles. The van der Waals surface area contributed by atoms with E-state index < -0.39 is 5.97 Å². The van der Waals surface area contributed by atoms with Gasteiger partial charge in [-0.1, -0.05) is 0 Å². The second kappa shape index (κ2) is 7.36. The summed E-state index contributed by atoms with van der Waals surface area (Å²) in [6.45, 7) is 2.10. The van der Waals surface area contributed by atoms with Crippen LogP contribution in [0.4, 0.5) is 0 Å². The third-order valence-corrected chi connectivity index (χ3v) is 5.62. The SMILES string of the molecule is CCOC(=O)c1cnc(C2CSCCS2)nc1CCl. The van der Waals surface area contributed by atoms with E-state index in [9.17, 15) is 4.79 Å². The zero-order valence-electron chi connectivity index (χ0n) is 10.6. The van der Waals surface area contributed by atoms with Crippen molar-refractivity contribution in [3.05, 3.63) is 23.3 Å². The average molecular weight is 319 g/mol. The molecule has 0 amide bonds. The van der Waals surface area contributed by atoms with Gasteiger partial charge >= 0.3 is 5.97 Å². The number of carbonyl (C=O) groups is 1. The maximum atomic E-state index is 11.7. The Morgan fingerprint density at radius 3 is 3.05 bits per heavy atom. The second-order valence-corrected chi connectivity index (χ2v) is 6.60. The molecule has 0 aromatic carbocycles. The summed E-state index contributed by atoms with van der Waals surface area (Å²) in [6.07, 6.45) is 1.54. The minimum Gasteiger partial charge on any atom is -0.462 e. The Morgan fingerprint density at radius 2 is 2.42 bits per heavy atom. The van der Waals surface area contributed by atoms with Gasteiger partial charge in [-0.15, -0.1) is 23.4 Å². The lowest BCUT2D eigenvalue weighted by Crippen LogP contribution is -2.15. The van der Waals surface area contributed by atoms with Crippen LogP contribution in [0.25, 0.3) is 0 Å². The zero-order chi connectivity index (χ0) is 13.7. The van der Waals surface area contributed by atoms with Gasteiger partial charge in [-0.05, 0) is 6.92 Å². The molecule has 2 rings (SSSR count). The molecule has 1 unspecified atom stereocenters. The Hall–Kier alpha value is -0.460. The zero-order valence-corrected chi connectivity index (χ0v) is 13.0. The number of carbonyl (C=O) groups excluding carboxylic acids is 1. The van der Waals surface area contributed by atoms with Crippen molar-refractivity contribution in [1.29, 1.82) is 0 Å². The standard InChI is InChI=1S/C12H15ClN2O2S2/c1-2-17-12(16)8-6-14-11(15-9(8)5-13)10-7-18-3-4-19-10/h6,10H,2-5,7H2,1H3. The maximum Gasteiger partial charge on any atom is 0.341 e. The minimum atomic E-state index is -0.407. The molecule has 1 saturated heterocycles. The van der Waals surface area contributed by atoms with Crippen molar-refractivity contribution >= 4 is 41.1 Å². The summed E-state index contributed by atoms with van der Waals surface area (Å²) in [4.78, 5) is 20.5. The molecule has 1 atom stereocenters. The first kappa shape index (κ1) is 14.9. The van der Waals surface area contributed by atoms with E-state index in [2.05, 4.69) is 9.97 Å². The molecule has 1 aliphatic rings. The molecule has 1 aromatic heterocycles. The highest BCUT2D eigenvalue weighted by Gasteiger charge is 2.22. The molecule has 2 heterocycles. The highest BCUT2D eigenvalue weighted by molar-refractivity contribution is 8.06.